The zero-order valence-electron chi connectivity index (χ0n) is 14.1. The lowest BCUT2D eigenvalue weighted by Gasteiger charge is -2.25. The molecule has 0 aliphatic rings. The van der Waals surface area contributed by atoms with Crippen LogP contribution in [0, 0.1) is 0 Å². The summed E-state index contributed by atoms with van der Waals surface area (Å²) >= 11 is 0. The third-order valence-corrected chi connectivity index (χ3v) is 3.61. The van der Waals surface area contributed by atoms with Crippen LogP contribution in [-0.4, -0.2) is 35.7 Å². The van der Waals surface area contributed by atoms with Gasteiger partial charge in [0, 0.05) is 18.8 Å². The van der Waals surface area contributed by atoms with Gasteiger partial charge in [-0.05, 0) is 23.0 Å². The zero-order valence-corrected chi connectivity index (χ0v) is 14.1. The first-order valence-corrected chi connectivity index (χ1v) is 7.82. The third kappa shape index (κ3) is 4.60. The minimum Gasteiger partial charge on any atom is -0.395 e. The Morgan fingerprint density at radius 2 is 1.82 bits per heavy atom. The van der Waals surface area contributed by atoms with Crippen LogP contribution < -0.4 is 5.32 Å². The first-order chi connectivity index (χ1) is 10.4. The molecule has 2 N–H and O–H groups in total. The van der Waals surface area contributed by atoms with E-state index in [0.717, 1.165) is 16.8 Å². The van der Waals surface area contributed by atoms with Crippen LogP contribution in [0.5, 0.6) is 0 Å². The van der Waals surface area contributed by atoms with Gasteiger partial charge in [0.1, 0.15) is 0 Å². The number of hydrogen-bond donors (Lipinski definition) is 2. The maximum atomic E-state index is 12.5. The van der Waals surface area contributed by atoms with Crippen LogP contribution in [0.25, 0.3) is 0 Å². The van der Waals surface area contributed by atoms with Crippen LogP contribution in [0.2, 0.25) is 0 Å². The molecule has 0 radical (unpaired) electrons. The fourth-order valence-corrected chi connectivity index (χ4v) is 2.43. The second-order valence-electron chi connectivity index (χ2n) is 6.01. The normalized spacial score (nSPS) is 10.9. The molecule has 0 atom stereocenters. The lowest BCUT2D eigenvalue weighted by atomic mass is 9.93. The fourth-order valence-electron chi connectivity index (χ4n) is 2.43. The smallest absolute Gasteiger partial charge is 0.322 e. The summed E-state index contributed by atoms with van der Waals surface area (Å²) in [5, 5.41) is 12.1. The second-order valence-corrected chi connectivity index (χ2v) is 6.01. The lowest BCUT2D eigenvalue weighted by Crippen LogP contribution is -2.37. The van der Waals surface area contributed by atoms with Crippen LogP contribution in [0.3, 0.4) is 0 Å². The summed E-state index contributed by atoms with van der Waals surface area (Å²) in [5.74, 6) is 0.638. The topological polar surface area (TPSA) is 52.6 Å². The molecule has 0 fully saturated rings. The van der Waals surface area contributed by atoms with Crippen LogP contribution in [0.4, 0.5) is 10.5 Å². The van der Waals surface area contributed by atoms with E-state index in [-0.39, 0.29) is 12.6 Å². The number of benzene rings is 1. The molecule has 0 heterocycles. The molecule has 1 aromatic carbocycles. The highest BCUT2D eigenvalue weighted by atomic mass is 16.3. The van der Waals surface area contributed by atoms with Gasteiger partial charge in [0.25, 0.3) is 0 Å². The quantitative estimate of drug-likeness (QED) is 0.750. The molecule has 4 nitrogen and oxygen atoms in total. The van der Waals surface area contributed by atoms with Crippen molar-refractivity contribution < 1.29 is 9.90 Å². The Morgan fingerprint density at radius 3 is 2.23 bits per heavy atom. The van der Waals surface area contributed by atoms with Crippen molar-refractivity contribution in [1.82, 2.24) is 4.90 Å². The van der Waals surface area contributed by atoms with Gasteiger partial charge >= 0.3 is 6.03 Å². The molecule has 0 spiro atoms. The summed E-state index contributed by atoms with van der Waals surface area (Å²) in [6, 6.07) is 5.94. The molecule has 0 saturated carbocycles. The molecule has 122 valence electrons. The number of carbonyl (C=O) groups is 1. The number of para-hydroxylation sites is 1. The number of aliphatic hydroxyl groups excluding tert-OH is 1. The number of anilines is 1. The minimum atomic E-state index is -0.205. The van der Waals surface area contributed by atoms with Crippen molar-refractivity contribution >= 4 is 11.7 Å². The van der Waals surface area contributed by atoms with E-state index in [0.29, 0.717) is 24.9 Å². The number of carbonyl (C=O) groups excluding carboxylic acids is 1. The highest BCUT2D eigenvalue weighted by Crippen LogP contribution is 2.32. The number of nitrogens with zero attached hydrogens (tertiary/aromatic N) is 1. The molecule has 4 heteroatoms. The summed E-state index contributed by atoms with van der Waals surface area (Å²) in [5.41, 5.74) is 3.15. The van der Waals surface area contributed by atoms with Crippen molar-refractivity contribution in [3.8, 4) is 0 Å². The largest absolute Gasteiger partial charge is 0.395 e. The Kier molecular flexibility index (Phi) is 7.12. The first-order valence-electron chi connectivity index (χ1n) is 7.82. The summed E-state index contributed by atoms with van der Waals surface area (Å²) in [4.78, 5) is 14.0. The van der Waals surface area contributed by atoms with E-state index < -0.39 is 0 Å². The summed E-state index contributed by atoms with van der Waals surface area (Å²) in [6.45, 7) is 12.8. The van der Waals surface area contributed by atoms with E-state index in [9.17, 15) is 4.79 Å². The maximum absolute atomic E-state index is 12.5. The Balaban J connectivity index is 3.13. The van der Waals surface area contributed by atoms with Gasteiger partial charge in [0.15, 0.2) is 0 Å². The fraction of sp³-hybridized carbons (Fsp3) is 0.500. The van der Waals surface area contributed by atoms with Crippen LogP contribution >= 0.6 is 0 Å². The molecular formula is C18H28N2O2. The standard InChI is InChI=1S/C18H28N2O2/c1-6-10-20(11-12-21)18(22)19-17-15(13(2)3)8-7-9-16(17)14(4)5/h6-9,13-14,21H,1,10-12H2,2-5H3,(H,19,22). The van der Waals surface area contributed by atoms with Gasteiger partial charge in [-0.3, -0.25) is 0 Å². The summed E-state index contributed by atoms with van der Waals surface area (Å²) in [7, 11) is 0. The van der Waals surface area contributed by atoms with E-state index in [1.807, 2.05) is 6.07 Å². The van der Waals surface area contributed by atoms with Gasteiger partial charge < -0.3 is 15.3 Å². The molecule has 0 unspecified atom stereocenters. The number of aliphatic hydroxyl groups is 1. The molecule has 0 saturated heterocycles. The van der Waals surface area contributed by atoms with Crippen molar-refractivity contribution in [3.05, 3.63) is 42.0 Å². The van der Waals surface area contributed by atoms with Gasteiger partial charge in [-0.15, -0.1) is 6.58 Å². The number of hydrogen-bond acceptors (Lipinski definition) is 2. The van der Waals surface area contributed by atoms with Gasteiger partial charge in [-0.2, -0.15) is 0 Å². The molecule has 0 aliphatic carbocycles. The molecule has 0 aliphatic heterocycles. The van der Waals surface area contributed by atoms with Crippen LogP contribution in [-0.2, 0) is 0 Å². The number of urea groups is 1. The Morgan fingerprint density at radius 1 is 1.27 bits per heavy atom. The van der Waals surface area contributed by atoms with Crippen LogP contribution in [0.15, 0.2) is 30.9 Å². The first kappa shape index (κ1) is 18.2. The number of amides is 2. The molecule has 1 rings (SSSR count). The monoisotopic (exact) mass is 304 g/mol. The van der Waals surface area contributed by atoms with Crippen LogP contribution in [0.1, 0.15) is 50.7 Å². The van der Waals surface area contributed by atoms with Gasteiger partial charge in [-0.25, -0.2) is 4.79 Å². The van der Waals surface area contributed by atoms with Gasteiger partial charge in [-0.1, -0.05) is 52.0 Å². The predicted molar refractivity (Wildman–Crippen MR) is 92.5 cm³/mol. The van der Waals surface area contributed by atoms with E-state index in [1.165, 1.54) is 0 Å². The predicted octanol–water partition coefficient (Wildman–Crippen LogP) is 3.95. The second kappa shape index (κ2) is 8.59. The average Bonchev–Trinajstić information content (AvgIpc) is 2.46. The molecule has 0 aromatic heterocycles. The molecule has 0 bridgehead atoms. The molecule has 1 aromatic rings. The van der Waals surface area contributed by atoms with Crippen molar-refractivity contribution in [1.29, 1.82) is 0 Å². The molecular weight excluding hydrogens is 276 g/mol. The third-order valence-electron chi connectivity index (χ3n) is 3.61. The van der Waals surface area contributed by atoms with E-state index >= 15 is 0 Å². The van der Waals surface area contributed by atoms with E-state index in [4.69, 9.17) is 5.11 Å². The Labute approximate surface area is 133 Å². The zero-order chi connectivity index (χ0) is 16.7. The molecule has 2 amide bonds. The van der Waals surface area contributed by atoms with Crippen molar-refractivity contribution in [3.63, 3.8) is 0 Å². The highest BCUT2D eigenvalue weighted by Gasteiger charge is 2.18. The Hall–Kier alpha value is -1.81. The molecule has 22 heavy (non-hydrogen) atoms. The minimum absolute atomic E-state index is 0.0654. The Bertz CT molecular complexity index is 484. The number of rotatable bonds is 7. The summed E-state index contributed by atoms with van der Waals surface area (Å²) < 4.78 is 0. The highest BCUT2D eigenvalue weighted by molar-refractivity contribution is 5.91. The van der Waals surface area contributed by atoms with Crippen molar-refractivity contribution in [2.45, 2.75) is 39.5 Å². The summed E-state index contributed by atoms with van der Waals surface area (Å²) in [6.07, 6.45) is 1.66. The van der Waals surface area contributed by atoms with E-state index in [2.05, 4.69) is 51.7 Å². The SMILES string of the molecule is C=CCN(CCO)C(=O)Nc1c(C(C)C)cccc1C(C)C. The number of nitrogens with one attached hydrogen (secondary N) is 1. The van der Waals surface area contributed by atoms with E-state index in [1.54, 1.807) is 11.0 Å². The van der Waals surface area contributed by atoms with Crippen molar-refractivity contribution in [2.75, 3.05) is 25.0 Å². The maximum Gasteiger partial charge on any atom is 0.322 e. The lowest BCUT2D eigenvalue weighted by molar-refractivity contribution is 0.195. The van der Waals surface area contributed by atoms with Crippen molar-refractivity contribution in [2.24, 2.45) is 0 Å². The van der Waals surface area contributed by atoms with Gasteiger partial charge in [0.05, 0.1) is 6.61 Å². The van der Waals surface area contributed by atoms with Gasteiger partial charge in [0.2, 0.25) is 0 Å². The average molecular weight is 304 g/mol.